The number of nitrogens with two attached hydrogens (primary N) is 1. The van der Waals surface area contributed by atoms with Gasteiger partial charge in [0.05, 0.1) is 11.2 Å². The molecule has 2 aromatic rings. The molecule has 1 fully saturated rings. The predicted molar refractivity (Wildman–Crippen MR) is 105 cm³/mol. The third-order valence-electron chi connectivity index (χ3n) is 4.61. The zero-order chi connectivity index (χ0) is 17.2. The molecule has 1 saturated carbocycles. The van der Waals surface area contributed by atoms with E-state index < -0.39 is 0 Å². The van der Waals surface area contributed by atoms with Crippen molar-refractivity contribution in [3.8, 4) is 0 Å². The van der Waals surface area contributed by atoms with Crippen LogP contribution in [0, 0.1) is 0 Å². The second kappa shape index (κ2) is 8.24. The summed E-state index contributed by atoms with van der Waals surface area (Å²) in [5.41, 5.74) is 7.42. The molecule has 140 valence electrons. The van der Waals surface area contributed by atoms with Gasteiger partial charge in [-0.1, -0.05) is 0 Å². The van der Waals surface area contributed by atoms with Crippen molar-refractivity contribution in [2.24, 2.45) is 5.73 Å². The molecule has 10 heteroatoms. The van der Waals surface area contributed by atoms with Crippen LogP contribution in [0.3, 0.4) is 0 Å². The normalized spacial score (nSPS) is 23.3. The number of aromatic nitrogens is 4. The van der Waals surface area contributed by atoms with E-state index in [9.17, 15) is 4.79 Å². The van der Waals surface area contributed by atoms with Gasteiger partial charge in [-0.15, -0.1) is 24.2 Å². The molecule has 0 spiro atoms. The largest absolute Gasteiger partial charge is 0.349 e. The number of amides is 1. The van der Waals surface area contributed by atoms with E-state index >= 15 is 0 Å². The number of nitrogens with zero attached hydrogens (tertiary/aromatic N) is 4. The van der Waals surface area contributed by atoms with Gasteiger partial charge < -0.3 is 20.9 Å². The van der Waals surface area contributed by atoms with Crippen LogP contribution in [0.4, 0.5) is 5.82 Å². The molecule has 8 nitrogen and oxygen atoms in total. The summed E-state index contributed by atoms with van der Waals surface area (Å²) < 4.78 is 0. The summed E-state index contributed by atoms with van der Waals surface area (Å²) >= 11 is 1.57. The van der Waals surface area contributed by atoms with Crippen molar-refractivity contribution in [3.05, 3.63) is 23.8 Å². The molecule has 0 saturated heterocycles. The molecule has 26 heavy (non-hydrogen) atoms. The lowest BCUT2D eigenvalue weighted by atomic mass is 9.91. The van der Waals surface area contributed by atoms with Crippen LogP contribution in [-0.4, -0.2) is 50.2 Å². The van der Waals surface area contributed by atoms with Gasteiger partial charge in [0.1, 0.15) is 6.33 Å². The van der Waals surface area contributed by atoms with Gasteiger partial charge in [0.2, 0.25) is 0 Å². The summed E-state index contributed by atoms with van der Waals surface area (Å²) in [7, 11) is 0. The minimum absolute atomic E-state index is 0. The highest BCUT2D eigenvalue weighted by Crippen LogP contribution is 2.28. The molecule has 1 amide bonds. The van der Waals surface area contributed by atoms with Crippen molar-refractivity contribution in [2.45, 2.75) is 37.8 Å². The first-order valence-corrected chi connectivity index (χ1v) is 9.51. The summed E-state index contributed by atoms with van der Waals surface area (Å²) in [6, 6.07) is 0.364. The second-order valence-electron chi connectivity index (χ2n) is 6.43. The fourth-order valence-corrected chi connectivity index (χ4v) is 4.27. The average Bonchev–Trinajstić information content (AvgIpc) is 3.10. The lowest BCUT2D eigenvalue weighted by Gasteiger charge is -2.29. The first-order chi connectivity index (χ1) is 12.2. The molecule has 0 radical (unpaired) electrons. The molecule has 0 aromatic carbocycles. The zero-order valence-corrected chi connectivity index (χ0v) is 15.9. The van der Waals surface area contributed by atoms with Gasteiger partial charge in [-0.2, -0.15) is 0 Å². The molecule has 2 aromatic heterocycles. The minimum Gasteiger partial charge on any atom is -0.349 e. The Hall–Kier alpha value is -1.84. The Kier molecular flexibility index (Phi) is 6.00. The van der Waals surface area contributed by atoms with E-state index in [0.29, 0.717) is 16.1 Å². The number of hydrogen-bond acceptors (Lipinski definition) is 7. The van der Waals surface area contributed by atoms with Crippen LogP contribution in [0.15, 0.2) is 23.8 Å². The quantitative estimate of drug-likeness (QED) is 0.722. The van der Waals surface area contributed by atoms with Gasteiger partial charge in [-0.05, 0) is 25.7 Å². The van der Waals surface area contributed by atoms with Crippen LogP contribution in [0.1, 0.15) is 25.7 Å². The van der Waals surface area contributed by atoms with Crippen LogP contribution in [0.2, 0.25) is 0 Å². The molecule has 4 N–H and O–H groups in total. The lowest BCUT2D eigenvalue weighted by molar-refractivity contribution is -0.117. The summed E-state index contributed by atoms with van der Waals surface area (Å²) in [6.07, 6.45) is 8.95. The third kappa shape index (κ3) is 3.94. The van der Waals surface area contributed by atoms with Crippen molar-refractivity contribution >= 4 is 47.1 Å². The van der Waals surface area contributed by atoms with Gasteiger partial charge >= 0.3 is 0 Å². The summed E-state index contributed by atoms with van der Waals surface area (Å²) in [5.74, 6) is 1.51. The van der Waals surface area contributed by atoms with E-state index in [-0.39, 0.29) is 30.4 Å². The fraction of sp³-hybridized carbons (Fsp3) is 0.500. The molecule has 3 heterocycles. The SMILES string of the molecule is Cl.N[C@@H]1CCC[C@@H](NC(=O)C2=CN(c3ncnc4[nH]cnc34)CCS2)C1. The van der Waals surface area contributed by atoms with Crippen molar-refractivity contribution in [3.63, 3.8) is 0 Å². The highest BCUT2D eigenvalue weighted by molar-refractivity contribution is 8.04. The summed E-state index contributed by atoms with van der Waals surface area (Å²) in [5, 5.41) is 3.13. The number of hydrogen-bond donors (Lipinski definition) is 3. The number of rotatable bonds is 3. The number of carbonyl (C=O) groups excluding carboxylic acids is 1. The molecule has 1 aliphatic carbocycles. The number of fused-ring (bicyclic) bond motifs is 1. The Labute approximate surface area is 161 Å². The molecule has 2 aliphatic rings. The number of H-pyrrole nitrogens is 1. The van der Waals surface area contributed by atoms with E-state index in [1.54, 1.807) is 18.1 Å². The number of nitrogens with one attached hydrogen (secondary N) is 2. The Balaban J connectivity index is 0.00000196. The monoisotopic (exact) mass is 395 g/mol. The standard InChI is InChI=1S/C16H21N7OS.ClH/c17-10-2-1-3-11(6-10)22-16(24)12-7-23(4-5-25-12)15-13-14(19-8-18-13)20-9-21-15;/h7-11H,1-6,17H2,(H,22,24)(H,18,19,20,21);1H/t10-,11-;/m1./s1. The van der Waals surface area contributed by atoms with Crippen molar-refractivity contribution < 1.29 is 4.79 Å². The maximum absolute atomic E-state index is 12.6. The highest BCUT2D eigenvalue weighted by atomic mass is 35.5. The smallest absolute Gasteiger partial charge is 0.259 e. The Morgan fingerprint density at radius 1 is 1.35 bits per heavy atom. The maximum Gasteiger partial charge on any atom is 0.259 e. The zero-order valence-electron chi connectivity index (χ0n) is 14.2. The van der Waals surface area contributed by atoms with Crippen LogP contribution in [0.25, 0.3) is 11.2 Å². The molecular weight excluding hydrogens is 374 g/mol. The topological polar surface area (TPSA) is 113 Å². The summed E-state index contributed by atoms with van der Waals surface area (Å²) in [6.45, 7) is 0.773. The Bertz CT molecular complexity index is 811. The van der Waals surface area contributed by atoms with Gasteiger partial charge in [0, 0.05) is 30.6 Å². The molecule has 1 aliphatic heterocycles. The molecule has 0 bridgehead atoms. The lowest BCUT2D eigenvalue weighted by Crippen LogP contribution is -2.43. The molecule has 0 unspecified atom stereocenters. The van der Waals surface area contributed by atoms with Crippen molar-refractivity contribution in [2.75, 3.05) is 17.2 Å². The first-order valence-electron chi connectivity index (χ1n) is 8.52. The number of carbonyl (C=O) groups is 1. The van der Waals surface area contributed by atoms with Crippen LogP contribution in [0.5, 0.6) is 0 Å². The van der Waals surface area contributed by atoms with E-state index in [1.165, 1.54) is 6.33 Å². The minimum atomic E-state index is -0.0267. The van der Waals surface area contributed by atoms with Crippen molar-refractivity contribution in [1.82, 2.24) is 25.3 Å². The number of aromatic amines is 1. The van der Waals surface area contributed by atoms with Gasteiger partial charge in [-0.3, -0.25) is 4.79 Å². The van der Waals surface area contributed by atoms with Gasteiger partial charge in [0.15, 0.2) is 17.0 Å². The van der Waals surface area contributed by atoms with Crippen LogP contribution < -0.4 is 16.0 Å². The van der Waals surface area contributed by atoms with E-state index in [1.807, 2.05) is 11.1 Å². The Morgan fingerprint density at radius 2 is 2.23 bits per heavy atom. The highest BCUT2D eigenvalue weighted by Gasteiger charge is 2.25. The Morgan fingerprint density at radius 3 is 3.08 bits per heavy atom. The second-order valence-corrected chi connectivity index (χ2v) is 7.57. The molecular formula is C16H22ClN7OS. The number of halogens is 1. The molecule has 2 atom stereocenters. The fourth-order valence-electron chi connectivity index (χ4n) is 3.37. The first kappa shape index (κ1) is 18.9. The summed E-state index contributed by atoms with van der Waals surface area (Å²) in [4.78, 5) is 31.1. The van der Waals surface area contributed by atoms with Gasteiger partial charge in [0.25, 0.3) is 5.91 Å². The number of anilines is 1. The van der Waals surface area contributed by atoms with Crippen LogP contribution in [-0.2, 0) is 4.79 Å². The van der Waals surface area contributed by atoms with Crippen LogP contribution >= 0.6 is 24.2 Å². The molecule has 4 rings (SSSR count). The predicted octanol–water partition coefficient (Wildman–Crippen LogP) is 1.56. The number of thioether (sulfide) groups is 1. The van der Waals surface area contributed by atoms with E-state index in [0.717, 1.165) is 43.8 Å². The van der Waals surface area contributed by atoms with E-state index in [2.05, 4.69) is 25.3 Å². The number of imidazole rings is 1. The van der Waals surface area contributed by atoms with Crippen molar-refractivity contribution in [1.29, 1.82) is 0 Å². The maximum atomic E-state index is 12.6. The average molecular weight is 396 g/mol. The van der Waals surface area contributed by atoms with E-state index in [4.69, 9.17) is 5.73 Å². The third-order valence-corrected chi connectivity index (χ3v) is 5.60. The van der Waals surface area contributed by atoms with Gasteiger partial charge in [-0.25, -0.2) is 15.0 Å².